The summed E-state index contributed by atoms with van der Waals surface area (Å²) in [6.45, 7) is 6.79. The molecule has 2 aromatic rings. The van der Waals surface area contributed by atoms with Gasteiger partial charge in [-0.1, -0.05) is 39.5 Å². The van der Waals surface area contributed by atoms with Crippen molar-refractivity contribution in [1.82, 2.24) is 5.32 Å². The maximum Gasteiger partial charge on any atom is 0.320 e. The normalized spacial score (nSPS) is 18.1. The number of hydrogen-bond acceptors (Lipinski definition) is 6. The van der Waals surface area contributed by atoms with Crippen LogP contribution in [-0.2, 0) is 11.3 Å². The summed E-state index contributed by atoms with van der Waals surface area (Å²) in [5, 5.41) is 12.3. The number of nitrogens with one attached hydrogen (secondary N) is 1. The van der Waals surface area contributed by atoms with Crippen LogP contribution in [0.15, 0.2) is 46.2 Å². The fraction of sp³-hybridized carbons (Fsp3) is 0.536. The SMILES string of the molecule is CCCCC1(CCCC)CN(c2ccc(F)cc2)c2cc(SC)c(CN[C@@H](C)C(=O)O)cc2S(O)(O)C1. The summed E-state index contributed by atoms with van der Waals surface area (Å²) in [4.78, 5) is 14.9. The molecule has 0 aliphatic carbocycles. The van der Waals surface area contributed by atoms with Crippen LogP contribution in [0.2, 0.25) is 0 Å². The zero-order valence-electron chi connectivity index (χ0n) is 22.3. The number of carboxylic acids is 1. The highest BCUT2D eigenvalue weighted by molar-refractivity contribution is 8.24. The second-order valence-electron chi connectivity index (χ2n) is 10.2. The van der Waals surface area contributed by atoms with Crippen molar-refractivity contribution in [2.45, 2.75) is 81.7 Å². The molecule has 0 saturated carbocycles. The molecule has 9 heteroatoms. The van der Waals surface area contributed by atoms with E-state index in [4.69, 9.17) is 0 Å². The topological polar surface area (TPSA) is 93.0 Å². The summed E-state index contributed by atoms with van der Waals surface area (Å²) in [5.41, 5.74) is 2.05. The zero-order chi connectivity index (χ0) is 27.2. The number of anilines is 2. The lowest BCUT2D eigenvalue weighted by molar-refractivity contribution is -0.139. The van der Waals surface area contributed by atoms with E-state index >= 15 is 0 Å². The van der Waals surface area contributed by atoms with Crippen LogP contribution in [0.4, 0.5) is 15.8 Å². The van der Waals surface area contributed by atoms with Gasteiger partial charge in [0.2, 0.25) is 0 Å². The predicted molar refractivity (Wildman–Crippen MR) is 153 cm³/mol. The Morgan fingerprint density at radius 2 is 1.78 bits per heavy atom. The lowest BCUT2D eigenvalue weighted by Gasteiger charge is -2.42. The Labute approximate surface area is 226 Å². The smallest absolute Gasteiger partial charge is 0.320 e. The molecule has 0 fully saturated rings. The van der Waals surface area contributed by atoms with Crippen molar-refractivity contribution in [2.24, 2.45) is 5.41 Å². The molecule has 4 N–H and O–H groups in total. The molecule has 1 aliphatic rings. The number of benzene rings is 2. The number of nitrogens with zero attached hydrogens (tertiary/aromatic N) is 1. The van der Waals surface area contributed by atoms with Crippen LogP contribution in [0.25, 0.3) is 0 Å². The molecule has 1 atom stereocenters. The molecule has 0 bridgehead atoms. The Balaban J connectivity index is 2.19. The minimum absolute atomic E-state index is 0.279. The standard InChI is InChI=1S/C28H41FN2O4S2/c1-5-7-13-28(14-8-6-2)18-31(23-11-9-22(29)10-12-23)24-16-25(36-4)21(17-30-20(3)27(32)33)15-26(24)37(34,35)19-28/h9-12,15-16,20,30,34-35H,5-8,13-14,17-19H2,1-4H3,(H,32,33)/t20-/m0/s1. The van der Waals surface area contributed by atoms with Crippen molar-refractivity contribution in [3.63, 3.8) is 0 Å². The first-order valence-electron chi connectivity index (χ1n) is 13.0. The van der Waals surface area contributed by atoms with Crippen LogP contribution in [0, 0.1) is 11.2 Å². The van der Waals surface area contributed by atoms with Gasteiger partial charge in [-0.2, -0.15) is 10.6 Å². The molecule has 0 spiro atoms. The van der Waals surface area contributed by atoms with E-state index in [0.717, 1.165) is 60.4 Å². The first-order chi connectivity index (χ1) is 17.6. The molecule has 0 unspecified atom stereocenters. The van der Waals surface area contributed by atoms with Gasteiger partial charge in [-0.15, -0.1) is 11.8 Å². The number of carboxylic acid groups (broad SMARTS) is 1. The van der Waals surface area contributed by atoms with E-state index in [1.807, 2.05) is 18.4 Å². The number of hydrogen-bond donors (Lipinski definition) is 4. The Morgan fingerprint density at radius 3 is 2.32 bits per heavy atom. The molecule has 1 heterocycles. The number of halogens is 1. The Kier molecular flexibility index (Phi) is 10.3. The molecule has 1 aliphatic heterocycles. The molecular weight excluding hydrogens is 511 g/mol. The molecule has 3 rings (SSSR count). The average molecular weight is 553 g/mol. The Morgan fingerprint density at radius 1 is 1.16 bits per heavy atom. The van der Waals surface area contributed by atoms with Crippen LogP contribution in [0.3, 0.4) is 0 Å². The lowest BCUT2D eigenvalue weighted by Crippen LogP contribution is -2.37. The fourth-order valence-electron chi connectivity index (χ4n) is 5.10. The molecule has 2 aromatic carbocycles. The molecule has 6 nitrogen and oxygen atoms in total. The maximum absolute atomic E-state index is 13.9. The van der Waals surface area contributed by atoms with Crippen molar-refractivity contribution in [2.75, 3.05) is 23.5 Å². The summed E-state index contributed by atoms with van der Waals surface area (Å²) in [7, 11) is -3.17. The molecule has 0 amide bonds. The second kappa shape index (κ2) is 12.8. The van der Waals surface area contributed by atoms with Crippen molar-refractivity contribution in [3.05, 3.63) is 47.8 Å². The Hall–Kier alpha value is -1.78. The van der Waals surface area contributed by atoms with Gasteiger partial charge >= 0.3 is 5.97 Å². The number of aliphatic carboxylic acids is 1. The third-order valence-electron chi connectivity index (χ3n) is 7.23. The van der Waals surface area contributed by atoms with Crippen LogP contribution in [-0.4, -0.2) is 44.8 Å². The van der Waals surface area contributed by atoms with Gasteiger partial charge in [0.15, 0.2) is 0 Å². The highest BCUT2D eigenvalue weighted by Crippen LogP contribution is 2.61. The zero-order valence-corrected chi connectivity index (χ0v) is 23.9. The van der Waals surface area contributed by atoms with Crippen LogP contribution in [0.1, 0.15) is 64.9 Å². The third-order valence-corrected chi connectivity index (χ3v) is 10.1. The summed E-state index contributed by atoms with van der Waals surface area (Å²) >= 11 is 1.53. The van der Waals surface area contributed by atoms with E-state index in [1.54, 1.807) is 19.1 Å². The summed E-state index contributed by atoms with van der Waals surface area (Å²) in [6.07, 6.45) is 7.73. The van der Waals surface area contributed by atoms with Crippen molar-refractivity contribution < 1.29 is 23.4 Å². The molecule has 0 saturated heterocycles. The van der Waals surface area contributed by atoms with Gasteiger partial charge in [0.25, 0.3) is 0 Å². The van der Waals surface area contributed by atoms with Gasteiger partial charge in [0.05, 0.1) is 10.6 Å². The summed E-state index contributed by atoms with van der Waals surface area (Å²) < 4.78 is 37.3. The monoisotopic (exact) mass is 552 g/mol. The number of fused-ring (bicyclic) bond motifs is 1. The molecular formula is C28H41FN2O4S2. The van der Waals surface area contributed by atoms with E-state index in [9.17, 15) is 23.4 Å². The number of thioether (sulfide) groups is 1. The number of rotatable bonds is 12. The van der Waals surface area contributed by atoms with E-state index in [-0.39, 0.29) is 17.0 Å². The van der Waals surface area contributed by atoms with E-state index in [1.165, 1.54) is 23.9 Å². The number of carbonyl (C=O) groups is 1. The van der Waals surface area contributed by atoms with Crippen molar-refractivity contribution in [1.29, 1.82) is 0 Å². The lowest BCUT2D eigenvalue weighted by atomic mass is 9.79. The summed E-state index contributed by atoms with van der Waals surface area (Å²) in [6, 6.07) is 9.48. The molecule has 37 heavy (non-hydrogen) atoms. The van der Waals surface area contributed by atoms with Crippen molar-refractivity contribution in [3.8, 4) is 0 Å². The highest BCUT2D eigenvalue weighted by Gasteiger charge is 2.42. The van der Waals surface area contributed by atoms with Gasteiger partial charge in [-0.3, -0.25) is 13.9 Å². The third kappa shape index (κ3) is 7.20. The van der Waals surface area contributed by atoms with Gasteiger partial charge < -0.3 is 15.3 Å². The van der Waals surface area contributed by atoms with E-state index < -0.39 is 22.6 Å². The number of unbranched alkanes of at least 4 members (excludes halogenated alkanes) is 2. The molecule has 206 valence electrons. The molecule has 0 aromatic heterocycles. The largest absolute Gasteiger partial charge is 0.480 e. The van der Waals surface area contributed by atoms with Crippen LogP contribution in [0.5, 0.6) is 0 Å². The maximum atomic E-state index is 13.9. The Bertz CT molecular complexity index is 1060. The highest BCUT2D eigenvalue weighted by atomic mass is 32.3. The fourth-order valence-corrected chi connectivity index (χ4v) is 7.94. The first-order valence-corrected chi connectivity index (χ1v) is 16.0. The van der Waals surface area contributed by atoms with Crippen molar-refractivity contribution >= 4 is 39.7 Å². The minimum Gasteiger partial charge on any atom is -0.480 e. The van der Waals surface area contributed by atoms with Gasteiger partial charge in [-0.05, 0) is 68.0 Å². The molecule has 0 radical (unpaired) electrons. The van der Waals surface area contributed by atoms with Gasteiger partial charge in [-0.25, -0.2) is 4.39 Å². The van der Waals surface area contributed by atoms with E-state index in [0.29, 0.717) is 18.0 Å². The van der Waals surface area contributed by atoms with Crippen LogP contribution < -0.4 is 10.2 Å². The first kappa shape index (κ1) is 29.8. The van der Waals surface area contributed by atoms with Gasteiger partial charge in [0, 0.05) is 34.8 Å². The van der Waals surface area contributed by atoms with E-state index in [2.05, 4.69) is 24.1 Å². The quantitative estimate of drug-likeness (QED) is 0.200. The van der Waals surface area contributed by atoms with Crippen LogP contribution >= 0.6 is 22.4 Å². The average Bonchev–Trinajstić information content (AvgIpc) is 2.96. The predicted octanol–water partition coefficient (Wildman–Crippen LogP) is 7.74. The van der Waals surface area contributed by atoms with Gasteiger partial charge in [0.1, 0.15) is 11.9 Å². The summed E-state index contributed by atoms with van der Waals surface area (Å²) in [5.74, 6) is -0.976. The second-order valence-corrected chi connectivity index (χ2v) is 13.1. The minimum atomic E-state index is -3.17.